The van der Waals surface area contributed by atoms with Gasteiger partial charge in [-0.05, 0) is 23.8 Å². The molecule has 9 heteroatoms. The lowest BCUT2D eigenvalue weighted by atomic mass is 10.1. The van der Waals surface area contributed by atoms with Crippen molar-refractivity contribution in [1.29, 1.82) is 0 Å². The Kier molecular flexibility index (Phi) is 5.75. The molecule has 4 rings (SSSR count). The number of anilines is 2. The Balaban J connectivity index is 1.48. The molecule has 29 heavy (non-hydrogen) atoms. The average Bonchev–Trinajstić information content (AvgIpc) is 3.18. The lowest BCUT2D eigenvalue weighted by molar-refractivity contribution is 0.102. The maximum Gasteiger partial charge on any atom is 0.292 e. The van der Waals surface area contributed by atoms with Gasteiger partial charge < -0.3 is 20.8 Å². The number of aromatic nitrogens is 2. The van der Waals surface area contributed by atoms with Crippen molar-refractivity contribution in [2.75, 3.05) is 37.2 Å². The first-order valence-electron chi connectivity index (χ1n) is 9.29. The number of rotatable bonds is 5. The zero-order chi connectivity index (χ0) is 20.2. The molecule has 1 aromatic carbocycles. The smallest absolute Gasteiger partial charge is 0.292 e. The molecule has 150 valence electrons. The van der Waals surface area contributed by atoms with E-state index in [-0.39, 0.29) is 11.7 Å². The highest BCUT2D eigenvalue weighted by atomic mass is 35.5. The number of amides is 1. The Morgan fingerprint density at radius 1 is 1.24 bits per heavy atom. The van der Waals surface area contributed by atoms with Gasteiger partial charge in [0.1, 0.15) is 6.26 Å². The molecule has 4 N–H and O–H groups in total. The van der Waals surface area contributed by atoms with Crippen LogP contribution in [0, 0.1) is 0 Å². The predicted molar refractivity (Wildman–Crippen MR) is 112 cm³/mol. The first-order chi connectivity index (χ1) is 14.1. The van der Waals surface area contributed by atoms with Crippen molar-refractivity contribution < 1.29 is 9.21 Å². The second-order valence-electron chi connectivity index (χ2n) is 6.78. The minimum Gasteiger partial charge on any atom is -0.431 e. The van der Waals surface area contributed by atoms with E-state index in [1.165, 1.54) is 6.26 Å². The van der Waals surface area contributed by atoms with Crippen LogP contribution in [-0.4, -0.2) is 47.0 Å². The van der Waals surface area contributed by atoms with Crippen LogP contribution in [0.4, 0.5) is 11.7 Å². The largest absolute Gasteiger partial charge is 0.431 e. The average molecular weight is 413 g/mol. The van der Waals surface area contributed by atoms with Crippen LogP contribution in [0.15, 0.2) is 47.2 Å². The van der Waals surface area contributed by atoms with E-state index in [4.69, 9.17) is 21.8 Å². The second-order valence-corrected chi connectivity index (χ2v) is 7.19. The molecule has 8 nitrogen and oxygen atoms in total. The highest BCUT2D eigenvalue weighted by Gasteiger charge is 2.14. The van der Waals surface area contributed by atoms with Crippen molar-refractivity contribution in [2.45, 2.75) is 6.54 Å². The number of nitrogen functional groups attached to an aromatic ring is 1. The van der Waals surface area contributed by atoms with Gasteiger partial charge in [0.05, 0.1) is 16.4 Å². The monoisotopic (exact) mass is 412 g/mol. The van der Waals surface area contributed by atoms with Gasteiger partial charge in [0, 0.05) is 44.5 Å². The molecule has 0 saturated carbocycles. The van der Waals surface area contributed by atoms with Crippen LogP contribution in [0.25, 0.3) is 11.1 Å². The Morgan fingerprint density at radius 2 is 2.03 bits per heavy atom. The molecule has 1 fully saturated rings. The fraction of sp³-hybridized carbons (Fsp3) is 0.250. The van der Waals surface area contributed by atoms with Gasteiger partial charge in [-0.1, -0.05) is 23.7 Å². The van der Waals surface area contributed by atoms with Crippen molar-refractivity contribution in [3.63, 3.8) is 0 Å². The zero-order valence-corrected chi connectivity index (χ0v) is 16.4. The Labute approximate surface area is 173 Å². The summed E-state index contributed by atoms with van der Waals surface area (Å²) in [6.45, 7) is 4.92. The van der Waals surface area contributed by atoms with Crippen LogP contribution in [-0.2, 0) is 6.54 Å². The van der Waals surface area contributed by atoms with Gasteiger partial charge in [-0.25, -0.2) is 0 Å². The predicted octanol–water partition coefficient (Wildman–Crippen LogP) is 2.63. The molecule has 0 radical (unpaired) electrons. The third-order valence-corrected chi connectivity index (χ3v) is 5.05. The molecule has 3 aromatic rings. The first-order valence-corrected chi connectivity index (χ1v) is 9.66. The van der Waals surface area contributed by atoms with Crippen molar-refractivity contribution in [2.24, 2.45) is 0 Å². The van der Waals surface area contributed by atoms with Gasteiger partial charge in [0.25, 0.3) is 11.9 Å². The summed E-state index contributed by atoms with van der Waals surface area (Å²) in [6, 6.07) is 9.41. The van der Waals surface area contributed by atoms with E-state index in [9.17, 15) is 4.79 Å². The van der Waals surface area contributed by atoms with Crippen LogP contribution in [0.3, 0.4) is 0 Å². The quantitative estimate of drug-likeness (QED) is 0.590. The Morgan fingerprint density at radius 3 is 2.72 bits per heavy atom. The van der Waals surface area contributed by atoms with Crippen molar-refractivity contribution >= 4 is 29.2 Å². The standard InChI is InChI=1S/C20H21ClN6O2/c21-16-4-2-13(9-17(16)25-19(28)18-12-29-20(22)26-18)14-1-3-15(24-10-14)11-27-7-5-23-6-8-27/h1-4,9-10,12,23H,5-8,11H2,(H2,22,26)(H,25,28). The zero-order valence-electron chi connectivity index (χ0n) is 15.7. The number of nitrogens with two attached hydrogens (primary N) is 1. The molecule has 2 aromatic heterocycles. The van der Waals surface area contributed by atoms with Gasteiger partial charge in [-0.15, -0.1) is 0 Å². The molecule has 0 aliphatic carbocycles. The minimum atomic E-state index is -0.450. The number of nitrogens with one attached hydrogen (secondary N) is 2. The van der Waals surface area contributed by atoms with Gasteiger partial charge in [-0.2, -0.15) is 4.98 Å². The Hall–Kier alpha value is -2.94. The molecular weight excluding hydrogens is 392 g/mol. The molecule has 0 atom stereocenters. The number of oxazole rings is 1. The summed E-state index contributed by atoms with van der Waals surface area (Å²) in [5.74, 6) is -0.450. The number of nitrogens with zero attached hydrogens (tertiary/aromatic N) is 3. The third kappa shape index (κ3) is 4.73. The van der Waals surface area contributed by atoms with E-state index in [1.54, 1.807) is 12.1 Å². The minimum absolute atomic E-state index is 0.0676. The van der Waals surface area contributed by atoms with Crippen LogP contribution >= 0.6 is 11.6 Å². The summed E-state index contributed by atoms with van der Waals surface area (Å²) >= 11 is 6.24. The van der Waals surface area contributed by atoms with Gasteiger partial charge in [-0.3, -0.25) is 14.7 Å². The molecule has 1 amide bonds. The number of hydrogen-bond donors (Lipinski definition) is 3. The topological polar surface area (TPSA) is 109 Å². The maximum absolute atomic E-state index is 12.3. The number of hydrogen-bond acceptors (Lipinski definition) is 7. The fourth-order valence-corrected chi connectivity index (χ4v) is 3.33. The number of pyridine rings is 1. The van der Waals surface area contributed by atoms with Crippen molar-refractivity contribution in [3.8, 4) is 11.1 Å². The Bertz CT molecular complexity index is 998. The van der Waals surface area contributed by atoms with Crippen LogP contribution < -0.4 is 16.4 Å². The number of carbonyl (C=O) groups is 1. The highest BCUT2D eigenvalue weighted by Crippen LogP contribution is 2.29. The summed E-state index contributed by atoms with van der Waals surface area (Å²) in [4.78, 5) is 23.1. The van der Waals surface area contributed by atoms with Crippen LogP contribution in [0.5, 0.6) is 0 Å². The lowest BCUT2D eigenvalue weighted by Gasteiger charge is -2.26. The van der Waals surface area contributed by atoms with E-state index in [1.807, 2.05) is 24.4 Å². The summed E-state index contributed by atoms with van der Waals surface area (Å²) in [5, 5.41) is 6.50. The fourth-order valence-electron chi connectivity index (χ4n) is 3.17. The van der Waals surface area contributed by atoms with Crippen LogP contribution in [0.2, 0.25) is 5.02 Å². The van der Waals surface area contributed by atoms with E-state index in [0.29, 0.717) is 10.7 Å². The maximum atomic E-state index is 12.3. The lowest BCUT2D eigenvalue weighted by Crippen LogP contribution is -2.43. The summed E-state index contributed by atoms with van der Waals surface area (Å²) in [7, 11) is 0. The van der Waals surface area contributed by atoms with Gasteiger partial charge in [0.2, 0.25) is 0 Å². The molecule has 1 aliphatic rings. The molecule has 1 aliphatic heterocycles. The molecule has 3 heterocycles. The molecule has 0 unspecified atom stereocenters. The van der Waals surface area contributed by atoms with E-state index < -0.39 is 5.91 Å². The summed E-state index contributed by atoms with van der Waals surface area (Å²) in [6.07, 6.45) is 3.04. The van der Waals surface area contributed by atoms with Gasteiger partial charge >= 0.3 is 0 Å². The summed E-state index contributed by atoms with van der Waals surface area (Å²) in [5.41, 5.74) is 8.83. The highest BCUT2D eigenvalue weighted by molar-refractivity contribution is 6.34. The molecule has 0 spiro atoms. The van der Waals surface area contributed by atoms with Crippen LogP contribution in [0.1, 0.15) is 16.2 Å². The number of halogens is 1. The molecule has 0 bridgehead atoms. The number of benzene rings is 1. The van der Waals surface area contributed by atoms with E-state index in [0.717, 1.165) is 49.5 Å². The third-order valence-electron chi connectivity index (χ3n) is 4.72. The van der Waals surface area contributed by atoms with Gasteiger partial charge in [0.15, 0.2) is 5.69 Å². The second kappa shape index (κ2) is 8.60. The normalized spacial score (nSPS) is 14.7. The molecule has 1 saturated heterocycles. The first kappa shape index (κ1) is 19.4. The van der Waals surface area contributed by atoms with E-state index >= 15 is 0 Å². The number of carbonyl (C=O) groups excluding carboxylic acids is 1. The van der Waals surface area contributed by atoms with Crippen molar-refractivity contribution in [3.05, 3.63) is 59.2 Å². The van der Waals surface area contributed by atoms with Crippen molar-refractivity contribution in [1.82, 2.24) is 20.2 Å². The molecular formula is C20H21ClN6O2. The summed E-state index contributed by atoms with van der Waals surface area (Å²) < 4.78 is 4.87. The number of piperazine rings is 1. The SMILES string of the molecule is Nc1nc(C(=O)Nc2cc(-c3ccc(CN4CCNCC4)nc3)ccc2Cl)co1. The van der Waals surface area contributed by atoms with E-state index in [2.05, 4.69) is 25.5 Å².